The van der Waals surface area contributed by atoms with Crippen molar-refractivity contribution in [2.24, 2.45) is 0 Å². The Kier molecular flexibility index (Phi) is 5.74. The molecule has 0 atom stereocenters. The van der Waals surface area contributed by atoms with Crippen LogP contribution in [-0.2, 0) is 4.74 Å². The first kappa shape index (κ1) is 11.8. The molecule has 0 amide bonds. The fourth-order valence-corrected chi connectivity index (χ4v) is 0.922. The Hall–Kier alpha value is -1.20. The van der Waals surface area contributed by atoms with Crippen molar-refractivity contribution in [3.8, 4) is 12.1 Å². The van der Waals surface area contributed by atoms with Crippen LogP contribution in [-0.4, -0.2) is 22.5 Å². The van der Waals surface area contributed by atoms with Gasteiger partial charge in [0.25, 0.3) is 0 Å². The maximum atomic E-state index is 8.42. The van der Waals surface area contributed by atoms with Crippen molar-refractivity contribution < 1.29 is 4.74 Å². The van der Waals surface area contributed by atoms with Crippen molar-refractivity contribution in [1.29, 1.82) is 10.5 Å². The monoisotopic (exact) mass is 280 g/mol. The van der Waals surface area contributed by atoms with Gasteiger partial charge in [0.05, 0.1) is 0 Å². The van der Waals surface area contributed by atoms with Crippen LogP contribution in [0.4, 0.5) is 0 Å². The molecule has 0 aromatic rings. The second kappa shape index (κ2) is 6.33. The molecule has 2 radical (unpaired) electrons. The number of ether oxygens (including phenoxy) is 1. The van der Waals surface area contributed by atoms with Gasteiger partial charge in [-0.05, 0) is 0 Å². The number of nitrogens with zero attached hydrogens (tertiary/aromatic N) is 2. The van der Waals surface area contributed by atoms with Gasteiger partial charge < -0.3 is 0 Å². The molecule has 13 heavy (non-hydrogen) atoms. The quantitative estimate of drug-likeness (QED) is 0.338. The number of rotatable bonds is 3. The normalized spacial score (nSPS) is 9.38. The molecule has 0 unspecified atom stereocenters. The summed E-state index contributed by atoms with van der Waals surface area (Å²) in [6, 6.07) is 3.45. The minimum atomic E-state index is -0.00509. The van der Waals surface area contributed by atoms with Crippen molar-refractivity contribution in [2.75, 3.05) is 0 Å². The van der Waals surface area contributed by atoms with Crippen LogP contribution in [0.5, 0.6) is 0 Å². The van der Waals surface area contributed by atoms with E-state index in [-0.39, 0.29) is 5.57 Å². The van der Waals surface area contributed by atoms with Gasteiger partial charge in [-0.2, -0.15) is 0 Å². The van der Waals surface area contributed by atoms with Crippen molar-refractivity contribution >= 4 is 22.5 Å². The van der Waals surface area contributed by atoms with Gasteiger partial charge in [0, 0.05) is 0 Å². The van der Waals surface area contributed by atoms with Gasteiger partial charge in [-0.15, -0.1) is 0 Å². The van der Waals surface area contributed by atoms with Crippen molar-refractivity contribution in [3.63, 3.8) is 0 Å². The molecule has 0 aromatic heterocycles. The minimum absolute atomic E-state index is 0.00509. The van der Waals surface area contributed by atoms with E-state index in [0.29, 0.717) is 5.76 Å². The van der Waals surface area contributed by atoms with Crippen molar-refractivity contribution in [2.45, 2.75) is 6.92 Å². The van der Waals surface area contributed by atoms with Crippen molar-refractivity contribution in [1.82, 2.24) is 0 Å². The van der Waals surface area contributed by atoms with Gasteiger partial charge >= 0.3 is 90.7 Å². The van der Waals surface area contributed by atoms with Crippen molar-refractivity contribution in [3.05, 3.63) is 33.8 Å². The summed E-state index contributed by atoms with van der Waals surface area (Å²) in [5.41, 5.74) is -0.00509. The molecule has 0 aromatic carbocycles. The Morgan fingerprint density at radius 2 is 2.00 bits per heavy atom. The molecule has 0 saturated heterocycles. The number of allylic oxidation sites excluding steroid dienone is 3. The first-order valence-corrected chi connectivity index (χ1v) is 5.09. The summed E-state index contributed by atoms with van der Waals surface area (Å²) >= 11 is 0.837. The van der Waals surface area contributed by atoms with Crippen LogP contribution >= 0.6 is 0 Å². The molecule has 0 saturated carbocycles. The zero-order valence-corrected chi connectivity index (χ0v) is 10.5. The fraction of sp³-hybridized carbons (Fsp3) is 0.111. The molecular weight excluding hydrogens is 271 g/mol. The van der Waals surface area contributed by atoms with Crippen LogP contribution in [0.2, 0.25) is 0 Å². The van der Waals surface area contributed by atoms with Crippen LogP contribution in [0.1, 0.15) is 6.92 Å². The maximum absolute atomic E-state index is 8.42. The summed E-state index contributed by atoms with van der Waals surface area (Å²) in [4.78, 5) is 0. The summed E-state index contributed by atoms with van der Waals surface area (Å²) in [6.07, 6.45) is 3.14. The first-order valence-electron chi connectivity index (χ1n) is 3.44. The number of nitriles is 2. The SMILES string of the molecule is C=C(C=C(C#N)C#N)O/[C]([SnH])=C\C. The molecule has 4 heteroatoms. The summed E-state index contributed by atoms with van der Waals surface area (Å²) < 4.78 is 5.99. The standard InChI is InChI=1S/C9H7N2O.Sn.H/c1-3-4-12-8(2)5-9(6-10)7-11;;/h3,5H,2H2,1H3;;. The van der Waals surface area contributed by atoms with E-state index in [1.807, 2.05) is 13.0 Å². The third-order valence-electron chi connectivity index (χ3n) is 1.08. The van der Waals surface area contributed by atoms with Gasteiger partial charge in [0.15, 0.2) is 0 Å². The predicted octanol–water partition coefficient (Wildman–Crippen LogP) is 1.25. The second-order valence-electron chi connectivity index (χ2n) is 2.04. The summed E-state index contributed by atoms with van der Waals surface area (Å²) in [5, 5.41) is 16.8. The van der Waals surface area contributed by atoms with E-state index in [2.05, 4.69) is 6.58 Å². The Labute approximate surface area is 90.7 Å². The molecule has 0 N–H and O–H groups in total. The van der Waals surface area contributed by atoms with Crippen LogP contribution < -0.4 is 0 Å². The summed E-state index contributed by atoms with van der Waals surface area (Å²) in [5.74, 6) is 0.318. The van der Waals surface area contributed by atoms with Crippen LogP contribution in [0, 0.1) is 22.7 Å². The van der Waals surface area contributed by atoms with Gasteiger partial charge in [-0.25, -0.2) is 0 Å². The molecule has 0 aliphatic carbocycles. The molecular formula is C9H8N2OSn. The first-order chi connectivity index (χ1) is 6.13. The topological polar surface area (TPSA) is 56.8 Å². The molecule has 0 bridgehead atoms. The van der Waals surface area contributed by atoms with E-state index < -0.39 is 0 Å². The van der Waals surface area contributed by atoms with Crippen LogP contribution in [0.15, 0.2) is 33.8 Å². The van der Waals surface area contributed by atoms with Crippen LogP contribution in [0.3, 0.4) is 0 Å². The zero-order valence-electron chi connectivity index (χ0n) is 7.24. The second-order valence-corrected chi connectivity index (χ2v) is 3.67. The fourth-order valence-electron chi connectivity index (χ4n) is 0.490. The third-order valence-corrected chi connectivity index (χ3v) is 2.37. The molecule has 0 aliphatic heterocycles. The molecule has 64 valence electrons. The van der Waals surface area contributed by atoms with Gasteiger partial charge in [0.2, 0.25) is 0 Å². The molecule has 0 aliphatic rings. The van der Waals surface area contributed by atoms with Gasteiger partial charge in [-0.3, -0.25) is 0 Å². The molecule has 3 nitrogen and oxygen atoms in total. The average molecular weight is 279 g/mol. The Bertz CT molecular complexity index is 326. The predicted molar refractivity (Wildman–Crippen MR) is 50.4 cm³/mol. The van der Waals surface area contributed by atoms with Crippen LogP contribution in [0.25, 0.3) is 0 Å². The number of hydrogen-bond donors (Lipinski definition) is 0. The Morgan fingerprint density at radius 1 is 1.46 bits per heavy atom. The van der Waals surface area contributed by atoms with E-state index in [1.165, 1.54) is 6.08 Å². The summed E-state index contributed by atoms with van der Waals surface area (Å²) in [7, 11) is 0. The zero-order chi connectivity index (χ0) is 10.3. The van der Waals surface area contributed by atoms with E-state index >= 15 is 0 Å². The van der Waals surface area contributed by atoms with Gasteiger partial charge in [0.1, 0.15) is 0 Å². The van der Waals surface area contributed by atoms with E-state index in [9.17, 15) is 0 Å². The number of hydrogen-bond acceptors (Lipinski definition) is 3. The molecule has 0 fully saturated rings. The average Bonchev–Trinajstić information content (AvgIpc) is 2.13. The Balaban J connectivity index is 4.43. The third kappa shape index (κ3) is 5.10. The summed E-state index contributed by atoms with van der Waals surface area (Å²) in [6.45, 7) is 5.41. The molecule has 0 heterocycles. The van der Waals surface area contributed by atoms with E-state index in [0.717, 1.165) is 26.3 Å². The van der Waals surface area contributed by atoms with E-state index in [1.54, 1.807) is 12.1 Å². The molecule has 0 spiro atoms. The van der Waals surface area contributed by atoms with Gasteiger partial charge in [-0.1, -0.05) is 0 Å². The molecule has 0 rings (SSSR count). The van der Waals surface area contributed by atoms with E-state index in [4.69, 9.17) is 15.3 Å². The Morgan fingerprint density at radius 3 is 2.38 bits per heavy atom.